The van der Waals surface area contributed by atoms with Crippen LogP contribution in [0.5, 0.6) is 5.75 Å². The summed E-state index contributed by atoms with van der Waals surface area (Å²) in [7, 11) is 1.82. The monoisotopic (exact) mass is 512 g/mol. The van der Waals surface area contributed by atoms with Gasteiger partial charge in [-0.2, -0.15) is 0 Å². The topological polar surface area (TPSA) is 69.3 Å². The van der Waals surface area contributed by atoms with Gasteiger partial charge >= 0.3 is 0 Å². The van der Waals surface area contributed by atoms with E-state index in [-0.39, 0.29) is 12.0 Å². The van der Waals surface area contributed by atoms with Crippen LogP contribution in [-0.4, -0.2) is 62.6 Å². The second-order valence-electron chi connectivity index (χ2n) is 12.3. The molecule has 1 aliphatic heterocycles. The maximum Gasteiger partial charge on any atom is 0.234 e. The first-order valence-corrected chi connectivity index (χ1v) is 14.7. The van der Waals surface area contributed by atoms with Gasteiger partial charge in [0.25, 0.3) is 0 Å². The quantitative estimate of drug-likeness (QED) is 0.213. The fourth-order valence-electron chi connectivity index (χ4n) is 8.18. The molecule has 5 aliphatic carbocycles. The molecule has 204 valence electrons. The fraction of sp³-hybridized carbons (Fsp3) is 0.767. The van der Waals surface area contributed by atoms with Crippen molar-refractivity contribution in [2.75, 3.05) is 39.9 Å². The number of hydrogen-bond acceptors (Lipinski definition) is 6. The van der Waals surface area contributed by atoms with Crippen LogP contribution < -0.4 is 10.1 Å². The molecule has 1 amide bonds. The number of rotatable bonds is 10. The second kappa shape index (κ2) is 11.2. The van der Waals surface area contributed by atoms with E-state index >= 15 is 0 Å². The maximum atomic E-state index is 11.5. The fourth-order valence-corrected chi connectivity index (χ4v) is 8.18. The van der Waals surface area contributed by atoms with Gasteiger partial charge in [0.1, 0.15) is 5.75 Å². The van der Waals surface area contributed by atoms with E-state index in [0.29, 0.717) is 30.9 Å². The molecular weight excluding hydrogens is 468 g/mol. The normalized spacial score (nSPS) is 37.5. The first-order chi connectivity index (χ1) is 18.1. The summed E-state index contributed by atoms with van der Waals surface area (Å²) in [6, 6.07) is 8.65. The molecule has 0 unspecified atom stereocenters. The van der Waals surface area contributed by atoms with Crippen LogP contribution in [0.15, 0.2) is 24.3 Å². The van der Waals surface area contributed by atoms with E-state index in [0.717, 1.165) is 69.3 Å². The number of carbonyl (C=O) groups excluding carboxylic acids is 1. The van der Waals surface area contributed by atoms with Gasteiger partial charge in [0.2, 0.25) is 11.7 Å². The summed E-state index contributed by atoms with van der Waals surface area (Å²) in [6.45, 7) is 3.75. The Kier molecular flexibility index (Phi) is 7.76. The number of ether oxygens (including phenoxy) is 2. The highest BCUT2D eigenvalue weighted by molar-refractivity contribution is 5.78. The standard InChI is InChI=1S/C30H44N2O5/c1-34-30(25-16-21-15-22(18-25)19-26(30)17-21)37-36-28-9-5-24(6-10-28)23-3-7-27(8-4-23)35-14-2-12-32-13-11-31-29(33)20-32/h3-4,7-8,21-22,24-26,28H,2,5-6,9-20H2,1H3,(H,31,33)/t21?,22?,24-,25?,26?,28+,30?. The second-order valence-corrected chi connectivity index (χ2v) is 12.3. The van der Waals surface area contributed by atoms with E-state index in [1.807, 2.05) is 7.11 Å². The Morgan fingerprint density at radius 3 is 2.32 bits per heavy atom. The summed E-state index contributed by atoms with van der Waals surface area (Å²) in [5.74, 6) is 3.86. The van der Waals surface area contributed by atoms with E-state index in [1.54, 1.807) is 0 Å². The van der Waals surface area contributed by atoms with E-state index in [4.69, 9.17) is 19.2 Å². The molecular formula is C30H44N2O5. The molecule has 1 heterocycles. The SMILES string of the molecule is COC1(OO[C@H]2CC[C@@H](c3ccc(OCCCN4CCNC(=O)C4)cc3)CC2)C2CC3CC(C2)CC1C3. The summed E-state index contributed by atoms with van der Waals surface area (Å²) in [5.41, 5.74) is 1.39. The zero-order valence-corrected chi connectivity index (χ0v) is 22.4. The van der Waals surface area contributed by atoms with Crippen molar-refractivity contribution >= 4 is 5.91 Å². The van der Waals surface area contributed by atoms with Crippen LogP contribution in [0, 0.1) is 23.7 Å². The van der Waals surface area contributed by atoms with E-state index in [9.17, 15) is 4.79 Å². The van der Waals surface area contributed by atoms with Gasteiger partial charge in [-0.25, -0.2) is 9.78 Å². The van der Waals surface area contributed by atoms with Gasteiger partial charge in [-0.1, -0.05) is 12.1 Å². The molecule has 7 rings (SSSR count). The molecule has 4 bridgehead atoms. The predicted octanol–water partition coefficient (Wildman–Crippen LogP) is 4.66. The minimum atomic E-state index is -0.511. The Balaban J connectivity index is 0.923. The van der Waals surface area contributed by atoms with Crippen LogP contribution in [0.4, 0.5) is 0 Å². The number of nitrogens with zero attached hydrogens (tertiary/aromatic N) is 1. The highest BCUT2D eigenvalue weighted by Crippen LogP contribution is 2.60. The average Bonchev–Trinajstić information content (AvgIpc) is 2.92. The van der Waals surface area contributed by atoms with E-state index in [2.05, 4.69) is 34.5 Å². The van der Waals surface area contributed by atoms with Gasteiger partial charge < -0.3 is 14.8 Å². The Hall–Kier alpha value is -1.67. The van der Waals surface area contributed by atoms with Crippen LogP contribution in [0.1, 0.15) is 75.7 Å². The third-order valence-corrected chi connectivity index (χ3v) is 9.94. The minimum Gasteiger partial charge on any atom is -0.494 e. The molecule has 0 spiro atoms. The molecule has 5 saturated carbocycles. The lowest BCUT2D eigenvalue weighted by molar-refractivity contribution is -0.485. The molecule has 1 aromatic carbocycles. The van der Waals surface area contributed by atoms with Crippen molar-refractivity contribution in [2.24, 2.45) is 23.7 Å². The summed E-state index contributed by atoms with van der Waals surface area (Å²) in [5, 5.41) is 2.87. The van der Waals surface area contributed by atoms with E-state index in [1.165, 1.54) is 37.7 Å². The lowest BCUT2D eigenvalue weighted by atomic mass is 9.53. The van der Waals surface area contributed by atoms with Crippen LogP contribution in [0.3, 0.4) is 0 Å². The largest absolute Gasteiger partial charge is 0.494 e. The lowest BCUT2D eigenvalue weighted by Gasteiger charge is -2.58. The van der Waals surface area contributed by atoms with Crippen molar-refractivity contribution < 1.29 is 24.0 Å². The first kappa shape index (κ1) is 25.6. The number of piperazine rings is 1. The molecule has 0 radical (unpaired) electrons. The van der Waals surface area contributed by atoms with Crippen LogP contribution in [-0.2, 0) is 19.3 Å². The summed E-state index contributed by atoms with van der Waals surface area (Å²) in [6.07, 6.45) is 11.8. The Morgan fingerprint density at radius 1 is 0.973 bits per heavy atom. The van der Waals surface area contributed by atoms with Crippen LogP contribution in [0.25, 0.3) is 0 Å². The number of carbonyl (C=O) groups is 1. The van der Waals surface area contributed by atoms with Crippen molar-refractivity contribution in [2.45, 2.75) is 82.0 Å². The highest BCUT2D eigenvalue weighted by Gasteiger charge is 2.60. The zero-order chi connectivity index (χ0) is 25.2. The average molecular weight is 513 g/mol. The molecule has 7 nitrogen and oxygen atoms in total. The van der Waals surface area contributed by atoms with Crippen molar-refractivity contribution in [1.29, 1.82) is 0 Å². The van der Waals surface area contributed by atoms with Gasteiger partial charge in [-0.05, 0) is 99.7 Å². The van der Waals surface area contributed by atoms with E-state index < -0.39 is 5.79 Å². The van der Waals surface area contributed by atoms with Crippen molar-refractivity contribution in [3.05, 3.63) is 29.8 Å². The smallest absolute Gasteiger partial charge is 0.234 e. The van der Waals surface area contributed by atoms with Gasteiger partial charge in [-0.3, -0.25) is 9.69 Å². The van der Waals surface area contributed by atoms with Crippen molar-refractivity contribution in [3.8, 4) is 5.75 Å². The van der Waals surface area contributed by atoms with Gasteiger partial charge in [-0.15, -0.1) is 0 Å². The molecule has 1 aromatic rings. The first-order valence-electron chi connectivity index (χ1n) is 14.7. The minimum absolute atomic E-state index is 0.123. The number of benzene rings is 1. The van der Waals surface area contributed by atoms with Gasteiger partial charge in [0, 0.05) is 38.6 Å². The summed E-state index contributed by atoms with van der Waals surface area (Å²) in [4.78, 5) is 26.1. The molecule has 1 saturated heterocycles. The van der Waals surface area contributed by atoms with Gasteiger partial charge in [0.05, 0.1) is 19.3 Å². The Bertz CT molecular complexity index is 885. The molecule has 6 aliphatic rings. The Morgan fingerprint density at radius 2 is 1.68 bits per heavy atom. The van der Waals surface area contributed by atoms with Crippen LogP contribution >= 0.6 is 0 Å². The van der Waals surface area contributed by atoms with Crippen LogP contribution in [0.2, 0.25) is 0 Å². The van der Waals surface area contributed by atoms with Crippen molar-refractivity contribution in [1.82, 2.24) is 10.2 Å². The predicted molar refractivity (Wildman–Crippen MR) is 140 cm³/mol. The number of nitrogens with one attached hydrogen (secondary N) is 1. The van der Waals surface area contributed by atoms with Gasteiger partial charge in [0.15, 0.2) is 0 Å². The number of amides is 1. The maximum absolute atomic E-state index is 11.5. The summed E-state index contributed by atoms with van der Waals surface area (Å²) < 4.78 is 12.1. The Labute approximate surface area is 221 Å². The summed E-state index contributed by atoms with van der Waals surface area (Å²) >= 11 is 0. The molecule has 7 heteroatoms. The lowest BCUT2D eigenvalue weighted by Crippen LogP contribution is -2.60. The molecule has 0 aromatic heterocycles. The third-order valence-electron chi connectivity index (χ3n) is 9.94. The molecule has 0 atom stereocenters. The molecule has 37 heavy (non-hydrogen) atoms. The number of methoxy groups -OCH3 is 1. The van der Waals surface area contributed by atoms with Crippen molar-refractivity contribution in [3.63, 3.8) is 0 Å². The molecule has 1 N–H and O–H groups in total. The zero-order valence-electron chi connectivity index (χ0n) is 22.4. The molecule has 6 fully saturated rings. The number of hydrogen-bond donors (Lipinski definition) is 1. The third kappa shape index (κ3) is 5.56. The highest BCUT2D eigenvalue weighted by atomic mass is 17.2.